The van der Waals surface area contributed by atoms with E-state index in [0.717, 1.165) is 7.11 Å². The van der Waals surface area contributed by atoms with Crippen LogP contribution in [-0.2, 0) is 16.3 Å². The standard InChI is InChI=1S/C33H23F3N4O7/c1-45-18-4-6-22-15(8-18)10-23(47-22)29(42)37-17-3-5-19-14(7-17)9-20(38-19)30(43)40-13-16-12-32(16)24(40)11-21(41)27-26(32)25(31(44)46-2)28(39-27)33(34,35)36/h3-11,16,38-39H,12-13H2,1-2H3,(H,37,42)/t16-,32+/m0/s1. The maximum atomic E-state index is 14.0. The van der Waals surface area contributed by atoms with Crippen LogP contribution in [0, 0.1) is 5.92 Å². The molecule has 14 heteroatoms. The first-order chi connectivity index (χ1) is 22.4. The highest BCUT2D eigenvalue weighted by Crippen LogP contribution is 2.68. The van der Waals surface area contributed by atoms with Gasteiger partial charge in [-0.2, -0.15) is 13.2 Å². The molecule has 0 radical (unpaired) electrons. The van der Waals surface area contributed by atoms with E-state index in [2.05, 4.69) is 15.3 Å². The number of anilines is 1. The van der Waals surface area contributed by atoms with Crippen molar-refractivity contribution in [2.45, 2.75) is 18.0 Å². The number of furan rings is 1. The first-order valence-electron chi connectivity index (χ1n) is 14.4. The Morgan fingerprint density at radius 1 is 1.04 bits per heavy atom. The normalized spacial score (nSPS) is 19.7. The van der Waals surface area contributed by atoms with Crippen LogP contribution in [0.5, 0.6) is 5.75 Å². The number of piperidine rings is 1. The molecule has 2 atom stereocenters. The van der Waals surface area contributed by atoms with Crippen LogP contribution in [-0.4, -0.2) is 59.2 Å². The molecule has 2 aromatic carbocycles. The summed E-state index contributed by atoms with van der Waals surface area (Å²) in [4.78, 5) is 59.1. The van der Waals surface area contributed by atoms with Gasteiger partial charge < -0.3 is 34.1 Å². The number of aromatic nitrogens is 2. The molecule has 0 unspecified atom stereocenters. The third-order valence-corrected chi connectivity index (χ3v) is 9.19. The summed E-state index contributed by atoms with van der Waals surface area (Å²) in [6.45, 7) is 0.143. The fraction of sp³-hybridized carbons (Fsp3) is 0.212. The van der Waals surface area contributed by atoms with Crippen molar-refractivity contribution >= 4 is 51.1 Å². The summed E-state index contributed by atoms with van der Waals surface area (Å²) in [5.74, 6) is -2.54. The van der Waals surface area contributed by atoms with Gasteiger partial charge in [-0.3, -0.25) is 14.4 Å². The average molecular weight is 645 g/mol. The van der Waals surface area contributed by atoms with Crippen molar-refractivity contribution in [2.75, 3.05) is 26.1 Å². The Kier molecular flexibility index (Phi) is 5.86. The maximum Gasteiger partial charge on any atom is 0.432 e. The molecular weight excluding hydrogens is 621 g/mol. The first kappa shape index (κ1) is 28.7. The molecule has 1 saturated heterocycles. The van der Waals surface area contributed by atoms with Crippen LogP contribution in [0.15, 0.2) is 64.7 Å². The van der Waals surface area contributed by atoms with Crippen molar-refractivity contribution in [1.82, 2.24) is 14.9 Å². The molecule has 11 nitrogen and oxygen atoms in total. The number of halogens is 3. The highest BCUT2D eigenvalue weighted by atomic mass is 19.4. The zero-order valence-corrected chi connectivity index (χ0v) is 24.6. The van der Waals surface area contributed by atoms with Gasteiger partial charge in [0, 0.05) is 51.3 Å². The minimum Gasteiger partial charge on any atom is -0.497 e. The van der Waals surface area contributed by atoms with Crippen LogP contribution in [0.25, 0.3) is 21.9 Å². The number of fused-ring (bicyclic) bond motifs is 3. The van der Waals surface area contributed by atoms with Crippen molar-refractivity contribution in [3.8, 4) is 5.75 Å². The Morgan fingerprint density at radius 2 is 1.85 bits per heavy atom. The number of carbonyl (C=O) groups excluding carboxylic acids is 4. The number of benzene rings is 2. The predicted octanol–water partition coefficient (Wildman–Crippen LogP) is 5.80. The number of ether oxygens (including phenoxy) is 2. The molecule has 3 aliphatic rings. The number of rotatable bonds is 5. The zero-order valence-electron chi connectivity index (χ0n) is 24.6. The second-order valence-electron chi connectivity index (χ2n) is 11.7. The predicted molar refractivity (Wildman–Crippen MR) is 159 cm³/mol. The van der Waals surface area contributed by atoms with Crippen LogP contribution in [0.3, 0.4) is 0 Å². The van der Waals surface area contributed by atoms with E-state index >= 15 is 0 Å². The second kappa shape index (κ2) is 9.61. The Hall–Kier alpha value is -5.79. The summed E-state index contributed by atoms with van der Waals surface area (Å²) in [5.41, 5.74) is -1.60. The highest BCUT2D eigenvalue weighted by Gasteiger charge is 2.69. The van der Waals surface area contributed by atoms with Gasteiger partial charge in [-0.05, 0) is 60.9 Å². The Balaban J connectivity index is 1.07. The number of H-pyrrole nitrogens is 2. The molecule has 8 rings (SSSR count). The van der Waals surface area contributed by atoms with E-state index in [-0.39, 0.29) is 40.9 Å². The van der Waals surface area contributed by atoms with Gasteiger partial charge in [-0.1, -0.05) is 0 Å². The lowest BCUT2D eigenvalue weighted by Gasteiger charge is -2.28. The van der Waals surface area contributed by atoms with Gasteiger partial charge in [0.15, 0.2) is 5.76 Å². The number of alkyl halides is 3. The Labute approximate surface area is 262 Å². The molecule has 5 aromatic rings. The molecule has 3 aromatic heterocycles. The number of allylic oxidation sites excluding steroid dienone is 2. The van der Waals surface area contributed by atoms with Crippen LogP contribution < -0.4 is 10.1 Å². The van der Waals surface area contributed by atoms with Crippen LogP contribution in [0.4, 0.5) is 18.9 Å². The summed E-state index contributed by atoms with van der Waals surface area (Å²) >= 11 is 0. The van der Waals surface area contributed by atoms with Gasteiger partial charge in [0.25, 0.3) is 11.8 Å². The number of nitrogens with one attached hydrogen (secondary N) is 3. The molecule has 0 bridgehead atoms. The second-order valence-corrected chi connectivity index (χ2v) is 11.7. The smallest absolute Gasteiger partial charge is 0.432 e. The lowest BCUT2D eigenvalue weighted by molar-refractivity contribution is -0.141. The minimum absolute atomic E-state index is 0.0694. The molecular formula is C33H23F3N4O7. The van der Waals surface area contributed by atoms with E-state index in [1.165, 1.54) is 11.0 Å². The summed E-state index contributed by atoms with van der Waals surface area (Å²) in [7, 11) is 2.51. The molecule has 2 fully saturated rings. The number of aromatic amines is 2. The summed E-state index contributed by atoms with van der Waals surface area (Å²) in [6.07, 6.45) is -3.40. The number of likely N-dealkylation sites (tertiary alicyclic amines) is 1. The van der Waals surface area contributed by atoms with E-state index < -0.39 is 46.4 Å². The van der Waals surface area contributed by atoms with E-state index in [0.29, 0.717) is 39.7 Å². The Morgan fingerprint density at radius 3 is 2.60 bits per heavy atom. The summed E-state index contributed by atoms with van der Waals surface area (Å²) in [5, 5.41) is 4.09. The molecule has 1 saturated carbocycles. The van der Waals surface area contributed by atoms with Crippen molar-refractivity contribution in [3.05, 3.63) is 94.3 Å². The fourth-order valence-electron chi connectivity index (χ4n) is 7.03. The maximum absolute atomic E-state index is 14.0. The van der Waals surface area contributed by atoms with Crippen LogP contribution >= 0.6 is 0 Å². The number of methoxy groups -OCH3 is 2. The summed E-state index contributed by atoms with van der Waals surface area (Å²) in [6, 6.07) is 13.4. The third kappa shape index (κ3) is 4.13. The Bertz CT molecular complexity index is 2260. The molecule has 1 spiro atoms. The lowest BCUT2D eigenvalue weighted by Crippen LogP contribution is -2.34. The van der Waals surface area contributed by atoms with Gasteiger partial charge in [0.2, 0.25) is 5.78 Å². The van der Waals surface area contributed by atoms with Crippen LogP contribution in [0.2, 0.25) is 0 Å². The number of hydrogen-bond acceptors (Lipinski definition) is 7. The molecule has 238 valence electrons. The van der Waals surface area contributed by atoms with E-state index in [1.54, 1.807) is 55.6 Å². The zero-order chi connectivity index (χ0) is 33.0. The van der Waals surface area contributed by atoms with E-state index in [1.807, 2.05) is 0 Å². The molecule has 4 heterocycles. The van der Waals surface area contributed by atoms with E-state index in [4.69, 9.17) is 13.9 Å². The van der Waals surface area contributed by atoms with Gasteiger partial charge in [0.05, 0.1) is 25.5 Å². The topological polar surface area (TPSA) is 147 Å². The fourth-order valence-corrected chi connectivity index (χ4v) is 7.03. The molecule has 3 N–H and O–H groups in total. The quantitative estimate of drug-likeness (QED) is 0.205. The van der Waals surface area contributed by atoms with Crippen molar-refractivity contribution in [3.63, 3.8) is 0 Å². The van der Waals surface area contributed by atoms with Gasteiger partial charge >= 0.3 is 12.1 Å². The number of carbonyl (C=O) groups is 4. The van der Waals surface area contributed by atoms with Crippen molar-refractivity contribution in [1.29, 1.82) is 0 Å². The van der Waals surface area contributed by atoms with Crippen molar-refractivity contribution < 1.29 is 46.2 Å². The van der Waals surface area contributed by atoms with Gasteiger partial charge in [0.1, 0.15) is 22.7 Å². The number of ketones is 1. The summed E-state index contributed by atoms with van der Waals surface area (Å²) < 4.78 is 57.4. The van der Waals surface area contributed by atoms with Crippen molar-refractivity contribution in [2.24, 2.45) is 5.92 Å². The van der Waals surface area contributed by atoms with Gasteiger partial charge in [-0.25, -0.2) is 4.79 Å². The highest BCUT2D eigenvalue weighted by molar-refractivity contribution is 6.12. The lowest BCUT2D eigenvalue weighted by atomic mass is 9.82. The molecule has 2 amide bonds. The molecule has 2 aliphatic carbocycles. The van der Waals surface area contributed by atoms with Gasteiger partial charge in [-0.15, -0.1) is 0 Å². The average Bonchev–Trinajstić information content (AvgIpc) is 3.51. The number of nitrogens with zero attached hydrogens (tertiary/aromatic N) is 1. The number of amides is 2. The largest absolute Gasteiger partial charge is 0.497 e. The molecule has 1 aliphatic heterocycles. The SMILES string of the molecule is COC(=O)c1c(C(F)(F)F)[nH]c2c1[C@]13C[C@H]1CN(C(=O)c1cc4cc(NC(=O)c5cc6cc(OC)ccc6o5)ccc4[nH]1)C3=CC2=O. The number of hydrogen-bond donors (Lipinski definition) is 3. The number of esters is 1. The molecule has 47 heavy (non-hydrogen) atoms. The first-order valence-corrected chi connectivity index (χ1v) is 14.4. The van der Waals surface area contributed by atoms with E-state index in [9.17, 15) is 32.3 Å². The minimum atomic E-state index is -4.95. The van der Waals surface area contributed by atoms with Crippen LogP contribution in [0.1, 0.15) is 59.6 Å². The monoisotopic (exact) mass is 644 g/mol. The third-order valence-electron chi connectivity index (χ3n) is 9.19.